The molecule has 0 aliphatic rings. The van der Waals surface area contributed by atoms with Crippen LogP contribution in [-0.4, -0.2) is 21.2 Å². The number of hydrogen-bond acceptors (Lipinski definition) is 2. The molecule has 0 N–H and O–H groups in total. The smallest absolute Gasteiger partial charge is 0.230 e. The molecule has 0 fully saturated rings. The van der Waals surface area contributed by atoms with Crippen LogP contribution in [0.25, 0.3) is 38.8 Å². The van der Waals surface area contributed by atoms with Gasteiger partial charge in [0.1, 0.15) is 5.82 Å². The van der Waals surface area contributed by atoms with Crippen molar-refractivity contribution in [2.24, 2.45) is 0 Å². The molecule has 33 heavy (non-hydrogen) atoms. The highest BCUT2D eigenvalue weighted by atomic mass is 15.1. The van der Waals surface area contributed by atoms with Gasteiger partial charge in [-0.2, -0.15) is 0 Å². The van der Waals surface area contributed by atoms with Crippen LogP contribution in [0.5, 0.6) is 0 Å². The fraction of sp³-hybridized carbons (Fsp3) is 0.0345. The summed E-state index contributed by atoms with van der Waals surface area (Å²) in [6.07, 6.45) is 3.55. The van der Waals surface area contributed by atoms with Crippen molar-refractivity contribution in [1.29, 1.82) is 0 Å². The van der Waals surface area contributed by atoms with E-state index < -0.39 is 0 Å². The van der Waals surface area contributed by atoms with E-state index in [1.807, 2.05) is 30.5 Å². The number of rotatable bonds is 4. The zero-order chi connectivity index (χ0) is 23.1. The molecule has 0 atom stereocenters. The molecule has 0 bridgehead atoms. The summed E-state index contributed by atoms with van der Waals surface area (Å²) in [5, 5.41) is 2.35. The second kappa shape index (κ2) is 8.07. The molecule has 6 rings (SSSR count). The molecule has 156 valence electrons. The van der Waals surface area contributed by atoms with Crippen LogP contribution in [-0.2, 0) is 0 Å². The normalized spacial score (nSPS) is 11.6. The molecule has 0 spiro atoms. The number of hydrogen-bond donors (Lipinski definition) is 0. The van der Waals surface area contributed by atoms with Crippen molar-refractivity contribution >= 4 is 39.6 Å². The summed E-state index contributed by atoms with van der Waals surface area (Å²) < 4.78 is 10.3. The van der Waals surface area contributed by atoms with E-state index in [1.165, 1.54) is 21.8 Å². The summed E-state index contributed by atoms with van der Waals surface area (Å²) in [6, 6.07) is 33.7. The lowest BCUT2D eigenvalue weighted by Gasteiger charge is -2.11. The molecule has 0 unspecified atom stereocenters. The average Bonchev–Trinajstić information content (AvgIpc) is 3.22. The number of benzene rings is 3. The molecule has 0 aliphatic carbocycles. The lowest BCUT2D eigenvalue weighted by atomic mass is 9.44. The van der Waals surface area contributed by atoms with Crippen LogP contribution in [0.15, 0.2) is 115 Å². The number of nitrogens with zero attached hydrogens (tertiary/aromatic N) is 3. The Hall–Kier alpha value is -4.18. The minimum absolute atomic E-state index is 0.209. The highest BCUT2D eigenvalue weighted by Crippen LogP contribution is 2.34. The van der Waals surface area contributed by atoms with E-state index in [0.717, 1.165) is 28.0 Å². The zero-order valence-electron chi connectivity index (χ0n) is 19.3. The van der Waals surface area contributed by atoms with E-state index in [-0.39, 0.29) is 6.71 Å². The quantitative estimate of drug-likeness (QED) is 0.351. The van der Waals surface area contributed by atoms with Gasteiger partial charge in [0.15, 0.2) is 0 Å². The zero-order valence-corrected chi connectivity index (χ0v) is 18.3. The fourth-order valence-corrected chi connectivity index (χ4v) is 4.63. The summed E-state index contributed by atoms with van der Waals surface area (Å²) >= 11 is 0. The molecule has 3 aromatic heterocycles. The van der Waals surface area contributed by atoms with Gasteiger partial charge in [-0.15, -0.1) is 0 Å². The third-order valence-electron chi connectivity index (χ3n) is 6.34. The van der Waals surface area contributed by atoms with Crippen LogP contribution in [0.1, 0.15) is 1.37 Å². The Labute approximate surface area is 194 Å². The van der Waals surface area contributed by atoms with Gasteiger partial charge in [-0.3, -0.25) is 9.55 Å². The first kappa shape index (κ1) is 18.4. The molecule has 0 amide bonds. The second-order valence-electron chi connectivity index (χ2n) is 8.30. The Bertz CT molecular complexity index is 1640. The van der Waals surface area contributed by atoms with Gasteiger partial charge < -0.3 is 0 Å². The second-order valence-corrected chi connectivity index (χ2v) is 8.30. The SMILES string of the molecule is [2H]c1ccnc(-n2c3ccccc3c3ccc(-c4cccc(B(C)c5ccccn5)c4)cc32)c1. The van der Waals surface area contributed by atoms with Crippen LogP contribution in [0.3, 0.4) is 0 Å². The predicted molar refractivity (Wildman–Crippen MR) is 139 cm³/mol. The lowest BCUT2D eigenvalue weighted by Crippen LogP contribution is -2.40. The molecule has 6 aromatic rings. The van der Waals surface area contributed by atoms with Gasteiger partial charge in [-0.05, 0) is 47.5 Å². The molecule has 0 saturated carbocycles. The fourth-order valence-electron chi connectivity index (χ4n) is 4.63. The molecule has 4 heteroatoms. The van der Waals surface area contributed by atoms with Gasteiger partial charge in [0.2, 0.25) is 6.71 Å². The van der Waals surface area contributed by atoms with Crippen LogP contribution in [0, 0.1) is 0 Å². The van der Waals surface area contributed by atoms with Crippen LogP contribution in [0.4, 0.5) is 0 Å². The molecular formula is C29H22BN3. The summed E-state index contributed by atoms with van der Waals surface area (Å²) in [4.78, 5) is 9.14. The van der Waals surface area contributed by atoms with E-state index in [0.29, 0.717) is 6.04 Å². The minimum Gasteiger partial charge on any atom is -0.294 e. The first-order chi connectivity index (χ1) is 16.7. The summed E-state index contributed by atoms with van der Waals surface area (Å²) in [5.41, 5.74) is 6.79. The van der Waals surface area contributed by atoms with Crippen molar-refractivity contribution in [2.75, 3.05) is 0 Å². The van der Waals surface area contributed by atoms with Crippen molar-refractivity contribution in [3.8, 4) is 16.9 Å². The standard InChI is InChI=1S/C29H22BN3/c1-30(28-13-4-6-17-31-28)23-10-8-9-21(19-23)22-15-16-25-24-11-2-3-12-26(24)33(27(25)20-22)29-14-5-7-18-32-29/h2-20H,1H3/i5D. The Morgan fingerprint density at radius 2 is 1.52 bits per heavy atom. The van der Waals surface area contributed by atoms with Gasteiger partial charge in [-0.1, -0.05) is 79.0 Å². The third kappa shape index (κ3) is 3.40. The molecule has 0 radical (unpaired) electrons. The number of fused-ring (bicyclic) bond motifs is 3. The van der Waals surface area contributed by atoms with Gasteiger partial charge >= 0.3 is 0 Å². The number of pyridine rings is 2. The van der Waals surface area contributed by atoms with Crippen molar-refractivity contribution in [3.63, 3.8) is 0 Å². The largest absolute Gasteiger partial charge is 0.294 e. The van der Waals surface area contributed by atoms with E-state index in [1.54, 1.807) is 12.3 Å². The number of aromatic nitrogens is 3. The Morgan fingerprint density at radius 3 is 2.39 bits per heavy atom. The Balaban J connectivity index is 1.52. The van der Waals surface area contributed by atoms with Crippen molar-refractivity contribution in [3.05, 3.63) is 115 Å². The average molecular weight is 424 g/mol. The van der Waals surface area contributed by atoms with Crippen LogP contribution in [0.2, 0.25) is 6.82 Å². The first-order valence-corrected chi connectivity index (χ1v) is 11.2. The first-order valence-electron chi connectivity index (χ1n) is 11.7. The minimum atomic E-state index is 0.209. The van der Waals surface area contributed by atoms with Crippen LogP contribution < -0.4 is 11.1 Å². The van der Waals surface area contributed by atoms with E-state index in [2.05, 4.69) is 88.1 Å². The summed E-state index contributed by atoms with van der Waals surface area (Å²) in [7, 11) is 0. The summed E-state index contributed by atoms with van der Waals surface area (Å²) in [5.74, 6) is 0.758. The van der Waals surface area contributed by atoms with E-state index >= 15 is 0 Å². The molecule has 3 heterocycles. The monoisotopic (exact) mass is 424 g/mol. The Morgan fingerprint density at radius 1 is 0.697 bits per heavy atom. The molecular weight excluding hydrogens is 401 g/mol. The number of para-hydroxylation sites is 1. The lowest BCUT2D eigenvalue weighted by molar-refractivity contribution is 1.08. The van der Waals surface area contributed by atoms with Gasteiger partial charge in [0.25, 0.3) is 0 Å². The van der Waals surface area contributed by atoms with E-state index in [9.17, 15) is 0 Å². The van der Waals surface area contributed by atoms with Crippen LogP contribution >= 0.6 is 0 Å². The van der Waals surface area contributed by atoms with Gasteiger partial charge in [-0.25, -0.2) is 4.98 Å². The van der Waals surface area contributed by atoms with Crippen molar-refractivity contribution in [1.82, 2.24) is 14.5 Å². The highest BCUT2D eigenvalue weighted by Gasteiger charge is 2.16. The maximum Gasteiger partial charge on any atom is 0.230 e. The molecule has 3 aromatic carbocycles. The predicted octanol–water partition coefficient (Wildman–Crippen LogP) is 5.48. The third-order valence-corrected chi connectivity index (χ3v) is 6.34. The molecule has 0 aliphatic heterocycles. The maximum atomic E-state index is 8.11. The highest BCUT2D eigenvalue weighted by molar-refractivity contribution is 6.83. The van der Waals surface area contributed by atoms with Gasteiger partial charge in [0.05, 0.1) is 12.4 Å². The summed E-state index contributed by atoms with van der Waals surface area (Å²) in [6.45, 7) is 2.41. The topological polar surface area (TPSA) is 30.7 Å². The maximum absolute atomic E-state index is 8.11. The molecule has 3 nitrogen and oxygen atoms in total. The van der Waals surface area contributed by atoms with Gasteiger partial charge in [0, 0.05) is 28.8 Å². The van der Waals surface area contributed by atoms with Crippen molar-refractivity contribution in [2.45, 2.75) is 6.82 Å². The van der Waals surface area contributed by atoms with E-state index in [4.69, 9.17) is 1.37 Å². The van der Waals surface area contributed by atoms with Crippen molar-refractivity contribution < 1.29 is 1.37 Å². The molecule has 0 saturated heterocycles. The Kier molecular flexibility index (Phi) is 4.50.